The molecule has 38 heavy (non-hydrogen) atoms. The van der Waals surface area contributed by atoms with Crippen LogP contribution in [0.5, 0.6) is 5.75 Å². The van der Waals surface area contributed by atoms with Gasteiger partial charge in [-0.3, -0.25) is 9.59 Å². The van der Waals surface area contributed by atoms with Crippen LogP contribution in [0.1, 0.15) is 64.4 Å². The molecule has 1 aromatic rings. The first-order chi connectivity index (χ1) is 17.9. The van der Waals surface area contributed by atoms with Crippen LogP contribution in [0.15, 0.2) is 18.2 Å². The predicted octanol–water partition coefficient (Wildman–Crippen LogP) is 4.63. The second-order valence-corrected chi connectivity index (χ2v) is 11.1. The van der Waals surface area contributed by atoms with Gasteiger partial charge in [-0.2, -0.15) is 13.2 Å². The van der Waals surface area contributed by atoms with E-state index in [1.54, 1.807) is 30.0 Å². The minimum absolute atomic E-state index is 0.0106. The molecule has 0 radical (unpaired) electrons. The number of alkyl halides is 3. The molecular formula is C28H42F3N3O4. The first kappa shape index (κ1) is 30.2. The van der Waals surface area contributed by atoms with Gasteiger partial charge in [-0.25, -0.2) is 0 Å². The normalized spacial score (nSPS) is 22.2. The maximum atomic E-state index is 13.3. The quantitative estimate of drug-likeness (QED) is 0.477. The van der Waals surface area contributed by atoms with Crippen LogP contribution >= 0.6 is 0 Å². The molecule has 2 N–H and O–H groups in total. The van der Waals surface area contributed by atoms with Gasteiger partial charge in [0.1, 0.15) is 11.9 Å². The Labute approximate surface area is 223 Å². The summed E-state index contributed by atoms with van der Waals surface area (Å²) >= 11 is 0. The van der Waals surface area contributed by atoms with E-state index < -0.39 is 24.9 Å². The lowest BCUT2D eigenvalue weighted by Crippen LogP contribution is -2.48. The smallest absolute Gasteiger partial charge is 0.389 e. The van der Waals surface area contributed by atoms with Crippen molar-refractivity contribution in [2.45, 2.75) is 83.5 Å². The highest BCUT2D eigenvalue weighted by Crippen LogP contribution is 2.30. The predicted molar refractivity (Wildman–Crippen MR) is 140 cm³/mol. The third kappa shape index (κ3) is 9.15. The van der Waals surface area contributed by atoms with Crippen LogP contribution in [0.2, 0.25) is 0 Å². The maximum Gasteiger partial charge on any atom is 0.389 e. The van der Waals surface area contributed by atoms with Gasteiger partial charge in [-0.05, 0) is 50.9 Å². The van der Waals surface area contributed by atoms with Crippen molar-refractivity contribution in [3.8, 4) is 5.75 Å². The van der Waals surface area contributed by atoms with Gasteiger partial charge in [0.2, 0.25) is 11.8 Å². The van der Waals surface area contributed by atoms with E-state index in [1.165, 1.54) is 32.1 Å². The summed E-state index contributed by atoms with van der Waals surface area (Å²) in [5.41, 5.74) is 0.861. The molecule has 7 nitrogen and oxygen atoms in total. The molecule has 10 heteroatoms. The Bertz CT molecular complexity index is 936. The number of halogens is 3. The number of aliphatic hydroxyl groups excluding tert-OH is 1. The van der Waals surface area contributed by atoms with Gasteiger partial charge in [0.05, 0.1) is 25.5 Å². The fourth-order valence-corrected chi connectivity index (χ4v) is 5.40. The van der Waals surface area contributed by atoms with E-state index >= 15 is 0 Å². The molecule has 3 rings (SSSR count). The van der Waals surface area contributed by atoms with E-state index in [-0.39, 0.29) is 37.0 Å². The summed E-state index contributed by atoms with van der Waals surface area (Å²) < 4.78 is 44.0. The van der Waals surface area contributed by atoms with Crippen molar-refractivity contribution >= 4 is 17.5 Å². The summed E-state index contributed by atoms with van der Waals surface area (Å²) in [7, 11) is 2.09. The highest BCUT2D eigenvalue weighted by molar-refractivity contribution is 5.91. The number of nitrogens with zero attached hydrogens (tertiary/aromatic N) is 2. The number of fused-ring (bicyclic) bond motifs is 1. The summed E-state index contributed by atoms with van der Waals surface area (Å²) in [6.07, 6.45) is -0.206. The molecule has 1 aliphatic carbocycles. The number of hydrogen-bond acceptors (Lipinski definition) is 5. The van der Waals surface area contributed by atoms with Crippen molar-refractivity contribution in [3.63, 3.8) is 0 Å². The zero-order valence-corrected chi connectivity index (χ0v) is 22.7. The number of carbonyl (C=O) groups excluding carboxylic acids is 2. The number of amides is 2. The number of carbonyl (C=O) groups is 2. The van der Waals surface area contributed by atoms with Crippen LogP contribution in [-0.4, -0.2) is 78.3 Å². The Morgan fingerprint density at radius 3 is 2.61 bits per heavy atom. The van der Waals surface area contributed by atoms with Crippen molar-refractivity contribution in [2.24, 2.45) is 11.8 Å². The SMILES string of the molecule is C[C@@H]1CN([C@H](C)CO)C(=O)Cc2cc(NC(=O)CCC(F)(F)F)ccc2O[C@H]1CN(C)CC1CCCCC1. The molecule has 1 heterocycles. The Morgan fingerprint density at radius 1 is 1.24 bits per heavy atom. The average molecular weight is 542 g/mol. The number of hydrogen-bond donors (Lipinski definition) is 2. The van der Waals surface area contributed by atoms with Gasteiger partial charge in [0, 0.05) is 43.2 Å². The second-order valence-electron chi connectivity index (χ2n) is 11.1. The van der Waals surface area contributed by atoms with E-state index in [0.29, 0.717) is 36.0 Å². The van der Waals surface area contributed by atoms with E-state index in [0.717, 1.165) is 6.54 Å². The summed E-state index contributed by atoms with van der Waals surface area (Å²) in [6.45, 7) is 5.75. The van der Waals surface area contributed by atoms with Gasteiger partial charge < -0.3 is 25.0 Å². The molecule has 2 aliphatic rings. The molecule has 0 aromatic heterocycles. The van der Waals surface area contributed by atoms with Crippen molar-refractivity contribution in [1.82, 2.24) is 9.80 Å². The first-order valence-corrected chi connectivity index (χ1v) is 13.7. The van der Waals surface area contributed by atoms with Gasteiger partial charge in [0.25, 0.3) is 0 Å². The largest absolute Gasteiger partial charge is 0.488 e. The maximum absolute atomic E-state index is 13.3. The zero-order valence-electron chi connectivity index (χ0n) is 22.7. The number of benzene rings is 1. The molecule has 1 saturated carbocycles. The second kappa shape index (κ2) is 13.6. The number of anilines is 1. The minimum atomic E-state index is -4.41. The van der Waals surface area contributed by atoms with E-state index in [9.17, 15) is 27.9 Å². The van der Waals surface area contributed by atoms with Crippen molar-refractivity contribution in [3.05, 3.63) is 23.8 Å². The van der Waals surface area contributed by atoms with Gasteiger partial charge in [0.15, 0.2) is 0 Å². The van der Waals surface area contributed by atoms with Crippen molar-refractivity contribution in [2.75, 3.05) is 38.6 Å². The fraction of sp³-hybridized carbons (Fsp3) is 0.714. The fourth-order valence-electron chi connectivity index (χ4n) is 5.40. The average Bonchev–Trinajstić information content (AvgIpc) is 2.90. The third-order valence-electron chi connectivity index (χ3n) is 7.62. The lowest BCUT2D eigenvalue weighted by molar-refractivity contribution is -0.142. The van der Waals surface area contributed by atoms with E-state index in [2.05, 4.69) is 17.3 Å². The van der Waals surface area contributed by atoms with Crippen LogP contribution in [0.25, 0.3) is 0 Å². The lowest BCUT2D eigenvalue weighted by atomic mass is 9.89. The number of likely N-dealkylation sites (N-methyl/N-ethyl adjacent to an activating group) is 1. The molecule has 0 unspecified atom stereocenters. The minimum Gasteiger partial charge on any atom is -0.488 e. The molecule has 0 spiro atoms. The summed E-state index contributed by atoms with van der Waals surface area (Å²) in [5, 5.41) is 12.3. The topological polar surface area (TPSA) is 82.1 Å². The van der Waals surface area contributed by atoms with Crippen LogP contribution in [0.3, 0.4) is 0 Å². The molecule has 1 aliphatic heterocycles. The Kier molecular flexibility index (Phi) is 10.8. The van der Waals surface area contributed by atoms with Gasteiger partial charge >= 0.3 is 6.18 Å². The standard InChI is InChI=1S/C28H42F3N3O4/c1-19-15-34(20(2)18-35)27(37)14-22-13-23(32-26(36)11-12-28(29,30)31)9-10-24(22)38-25(19)17-33(3)16-21-7-5-4-6-8-21/h9-10,13,19-21,25,35H,4-8,11-12,14-18H2,1-3H3,(H,32,36)/t19-,20-,25+/m1/s1. The van der Waals surface area contributed by atoms with Gasteiger partial charge in [-0.15, -0.1) is 0 Å². The van der Waals surface area contributed by atoms with Crippen LogP contribution in [0.4, 0.5) is 18.9 Å². The molecular weight excluding hydrogens is 499 g/mol. The summed E-state index contributed by atoms with van der Waals surface area (Å²) in [6, 6.07) is 4.49. The zero-order chi connectivity index (χ0) is 27.9. The number of nitrogens with one attached hydrogen (secondary N) is 1. The van der Waals surface area contributed by atoms with E-state index in [4.69, 9.17) is 4.74 Å². The molecule has 0 bridgehead atoms. The molecule has 1 aromatic carbocycles. The highest BCUT2D eigenvalue weighted by Gasteiger charge is 2.32. The Morgan fingerprint density at radius 2 is 1.95 bits per heavy atom. The molecule has 1 fully saturated rings. The Balaban J connectivity index is 1.81. The van der Waals surface area contributed by atoms with Crippen molar-refractivity contribution in [1.29, 1.82) is 0 Å². The monoisotopic (exact) mass is 541 g/mol. The van der Waals surface area contributed by atoms with E-state index in [1.807, 2.05) is 6.92 Å². The number of rotatable bonds is 9. The molecule has 0 saturated heterocycles. The third-order valence-corrected chi connectivity index (χ3v) is 7.62. The molecule has 3 atom stereocenters. The van der Waals surface area contributed by atoms with Crippen LogP contribution < -0.4 is 10.1 Å². The molecule has 214 valence electrons. The van der Waals surface area contributed by atoms with Crippen LogP contribution in [0, 0.1) is 11.8 Å². The first-order valence-electron chi connectivity index (χ1n) is 13.7. The Hall–Kier alpha value is -2.33. The van der Waals surface area contributed by atoms with Gasteiger partial charge in [-0.1, -0.05) is 26.2 Å². The number of ether oxygens (including phenoxy) is 1. The summed E-state index contributed by atoms with van der Waals surface area (Å²) in [4.78, 5) is 29.4. The van der Waals surface area contributed by atoms with Crippen LogP contribution in [-0.2, 0) is 16.0 Å². The molecule has 2 amide bonds. The highest BCUT2D eigenvalue weighted by atomic mass is 19.4. The number of aliphatic hydroxyl groups is 1. The lowest BCUT2D eigenvalue weighted by Gasteiger charge is -2.35. The van der Waals surface area contributed by atoms with Crippen molar-refractivity contribution < 1.29 is 32.6 Å². The summed E-state index contributed by atoms with van der Waals surface area (Å²) in [5.74, 6) is 0.246.